The number of amides is 1. The van der Waals surface area contributed by atoms with Crippen molar-refractivity contribution in [2.45, 2.75) is 31.8 Å². The van der Waals surface area contributed by atoms with Crippen molar-refractivity contribution in [3.63, 3.8) is 0 Å². The van der Waals surface area contributed by atoms with Gasteiger partial charge in [0.05, 0.1) is 16.3 Å². The molecule has 1 aliphatic rings. The highest BCUT2D eigenvalue weighted by Crippen LogP contribution is 2.31. The number of hydrogen-bond donors (Lipinski definition) is 1. The Labute approximate surface area is 178 Å². The van der Waals surface area contributed by atoms with E-state index in [-0.39, 0.29) is 11.9 Å². The van der Waals surface area contributed by atoms with E-state index in [2.05, 4.69) is 45.6 Å². The maximum Gasteiger partial charge on any atom is 0.268 e. The molecule has 29 heavy (non-hydrogen) atoms. The summed E-state index contributed by atoms with van der Waals surface area (Å²) < 4.78 is 3.24. The van der Waals surface area contributed by atoms with Crippen LogP contribution in [0, 0.1) is 0 Å². The number of carbonyl (C=O) groups excluding carboxylic acids is 1. The third kappa shape index (κ3) is 3.59. The summed E-state index contributed by atoms with van der Waals surface area (Å²) in [4.78, 5) is 13.3. The lowest BCUT2D eigenvalue weighted by molar-refractivity contribution is 0.0924. The first-order valence-electron chi connectivity index (χ1n) is 9.89. The zero-order valence-electron chi connectivity index (χ0n) is 15.9. The van der Waals surface area contributed by atoms with Crippen LogP contribution in [0.4, 0.5) is 0 Å². The topological polar surface area (TPSA) is 34.0 Å². The van der Waals surface area contributed by atoms with Crippen LogP contribution in [0.3, 0.4) is 0 Å². The van der Waals surface area contributed by atoms with Gasteiger partial charge in [0.1, 0.15) is 5.69 Å². The van der Waals surface area contributed by atoms with Crippen molar-refractivity contribution in [2.75, 3.05) is 0 Å². The van der Waals surface area contributed by atoms with Crippen molar-refractivity contribution in [1.82, 2.24) is 9.88 Å². The second kappa shape index (κ2) is 7.69. The molecule has 1 aliphatic carbocycles. The number of fused-ring (bicyclic) bond motifs is 2. The fourth-order valence-electron chi connectivity index (χ4n) is 4.24. The number of hydrogen-bond acceptors (Lipinski definition) is 2. The van der Waals surface area contributed by atoms with Crippen LogP contribution in [0.15, 0.2) is 66.0 Å². The average molecular weight is 421 g/mol. The third-order valence-electron chi connectivity index (χ3n) is 5.68. The molecule has 1 atom stereocenters. The Balaban J connectivity index is 1.46. The number of rotatable bonds is 4. The summed E-state index contributed by atoms with van der Waals surface area (Å²) in [6.45, 7) is 0.640. The summed E-state index contributed by atoms with van der Waals surface area (Å²) in [5.74, 6) is -0.0101. The van der Waals surface area contributed by atoms with Crippen molar-refractivity contribution >= 4 is 39.1 Å². The first kappa shape index (κ1) is 18.5. The molecule has 0 radical (unpaired) electrons. The SMILES string of the molecule is O=C(NC1CCCc2ccccc21)c1cc2sccc2n1Cc1ccc(Cl)cc1. The molecule has 0 saturated heterocycles. The van der Waals surface area contributed by atoms with E-state index in [1.807, 2.05) is 30.3 Å². The van der Waals surface area contributed by atoms with Gasteiger partial charge in [0.25, 0.3) is 5.91 Å². The van der Waals surface area contributed by atoms with Crippen molar-refractivity contribution in [2.24, 2.45) is 0 Å². The van der Waals surface area contributed by atoms with Crippen LogP contribution < -0.4 is 5.32 Å². The molecule has 1 amide bonds. The molecule has 0 bridgehead atoms. The van der Waals surface area contributed by atoms with Gasteiger partial charge in [0.2, 0.25) is 0 Å². The number of nitrogens with one attached hydrogen (secondary N) is 1. The van der Waals surface area contributed by atoms with Gasteiger partial charge in [-0.15, -0.1) is 11.3 Å². The Bertz CT molecular complexity index is 1180. The number of aryl methyl sites for hydroxylation is 1. The zero-order valence-corrected chi connectivity index (χ0v) is 17.5. The Morgan fingerprint density at radius 3 is 2.83 bits per heavy atom. The molecule has 2 aromatic carbocycles. The second-order valence-electron chi connectivity index (χ2n) is 7.53. The molecule has 1 N–H and O–H groups in total. The number of nitrogens with zero attached hydrogens (tertiary/aromatic N) is 1. The fraction of sp³-hybridized carbons (Fsp3) is 0.208. The fourth-order valence-corrected chi connectivity index (χ4v) is 5.19. The van der Waals surface area contributed by atoms with Gasteiger partial charge in [-0.3, -0.25) is 4.79 Å². The lowest BCUT2D eigenvalue weighted by Gasteiger charge is -2.26. The normalized spacial score (nSPS) is 16.0. The van der Waals surface area contributed by atoms with Crippen molar-refractivity contribution in [3.8, 4) is 0 Å². The molecule has 5 rings (SSSR count). The van der Waals surface area contributed by atoms with E-state index in [4.69, 9.17) is 11.6 Å². The smallest absolute Gasteiger partial charge is 0.268 e. The number of aromatic nitrogens is 1. The van der Waals surface area contributed by atoms with Gasteiger partial charge < -0.3 is 9.88 Å². The van der Waals surface area contributed by atoms with Gasteiger partial charge in [-0.2, -0.15) is 0 Å². The molecule has 146 valence electrons. The predicted octanol–water partition coefficient (Wildman–Crippen LogP) is 6.21. The van der Waals surface area contributed by atoms with Gasteiger partial charge in [0, 0.05) is 11.6 Å². The van der Waals surface area contributed by atoms with Gasteiger partial charge in [-0.25, -0.2) is 0 Å². The molecule has 0 fully saturated rings. The van der Waals surface area contributed by atoms with Gasteiger partial charge in [0.15, 0.2) is 0 Å². The first-order chi connectivity index (χ1) is 14.2. The molecule has 0 spiro atoms. The van der Waals surface area contributed by atoms with Crippen LogP contribution in [0.25, 0.3) is 10.2 Å². The number of carbonyl (C=O) groups is 1. The molecule has 3 nitrogen and oxygen atoms in total. The second-order valence-corrected chi connectivity index (χ2v) is 8.91. The van der Waals surface area contributed by atoms with E-state index >= 15 is 0 Å². The standard InChI is InChI=1S/C24H21ClN2OS/c25-18-10-8-16(9-11-18)15-27-21-12-13-29-23(21)14-22(27)24(28)26-20-7-3-5-17-4-1-2-6-19(17)20/h1-2,4,6,8-14,20H,3,5,7,15H2,(H,26,28). The summed E-state index contributed by atoms with van der Waals surface area (Å²) >= 11 is 7.70. The Kier molecular flexibility index (Phi) is 4.90. The molecule has 0 aliphatic heterocycles. The molecular formula is C24H21ClN2OS. The quantitative estimate of drug-likeness (QED) is 0.418. The number of benzene rings is 2. The largest absolute Gasteiger partial charge is 0.344 e. The highest BCUT2D eigenvalue weighted by molar-refractivity contribution is 7.17. The van der Waals surface area contributed by atoms with Crippen LogP contribution in [-0.2, 0) is 13.0 Å². The maximum atomic E-state index is 13.3. The molecule has 4 aromatic rings. The number of halogens is 1. The van der Waals surface area contributed by atoms with Crippen LogP contribution in [0.5, 0.6) is 0 Å². The summed E-state index contributed by atoms with van der Waals surface area (Å²) in [5.41, 5.74) is 5.53. The minimum atomic E-state index is -0.0101. The molecule has 2 heterocycles. The van der Waals surface area contributed by atoms with E-state index in [1.165, 1.54) is 11.1 Å². The minimum Gasteiger partial charge on any atom is -0.344 e. The van der Waals surface area contributed by atoms with E-state index < -0.39 is 0 Å². The molecule has 1 unspecified atom stereocenters. The summed E-state index contributed by atoms with van der Waals surface area (Å²) in [6.07, 6.45) is 3.17. The van der Waals surface area contributed by atoms with E-state index in [9.17, 15) is 4.79 Å². The lowest BCUT2D eigenvalue weighted by Crippen LogP contribution is -2.32. The minimum absolute atomic E-state index is 0.0101. The highest BCUT2D eigenvalue weighted by atomic mass is 35.5. The van der Waals surface area contributed by atoms with Crippen LogP contribution in [-0.4, -0.2) is 10.5 Å². The van der Waals surface area contributed by atoms with E-state index in [1.54, 1.807) is 11.3 Å². The van der Waals surface area contributed by atoms with Crippen molar-refractivity contribution < 1.29 is 4.79 Å². The Morgan fingerprint density at radius 2 is 1.97 bits per heavy atom. The monoisotopic (exact) mass is 420 g/mol. The van der Waals surface area contributed by atoms with E-state index in [0.29, 0.717) is 12.2 Å². The maximum absolute atomic E-state index is 13.3. The van der Waals surface area contributed by atoms with Gasteiger partial charge >= 0.3 is 0 Å². The van der Waals surface area contributed by atoms with Crippen LogP contribution >= 0.6 is 22.9 Å². The first-order valence-corrected chi connectivity index (χ1v) is 11.1. The molecule has 2 aromatic heterocycles. The Morgan fingerprint density at radius 1 is 1.14 bits per heavy atom. The van der Waals surface area contributed by atoms with E-state index in [0.717, 1.165) is 40.1 Å². The zero-order chi connectivity index (χ0) is 19.8. The molecule has 0 saturated carbocycles. The van der Waals surface area contributed by atoms with Gasteiger partial charge in [-0.05, 0) is 65.6 Å². The molecule has 5 heteroatoms. The van der Waals surface area contributed by atoms with Crippen LogP contribution in [0.1, 0.15) is 46.1 Å². The van der Waals surface area contributed by atoms with Crippen molar-refractivity contribution in [1.29, 1.82) is 0 Å². The van der Waals surface area contributed by atoms with Crippen LogP contribution in [0.2, 0.25) is 5.02 Å². The van der Waals surface area contributed by atoms with Gasteiger partial charge in [-0.1, -0.05) is 48.0 Å². The lowest BCUT2D eigenvalue weighted by atomic mass is 9.87. The van der Waals surface area contributed by atoms with Crippen molar-refractivity contribution in [3.05, 3.63) is 93.5 Å². The highest BCUT2D eigenvalue weighted by Gasteiger charge is 2.24. The molecular weight excluding hydrogens is 400 g/mol. The number of thiophene rings is 1. The third-order valence-corrected chi connectivity index (χ3v) is 6.79. The summed E-state index contributed by atoms with van der Waals surface area (Å²) in [7, 11) is 0. The Hall–Kier alpha value is -2.56. The predicted molar refractivity (Wildman–Crippen MR) is 120 cm³/mol. The summed E-state index contributed by atoms with van der Waals surface area (Å²) in [6, 6.07) is 20.4. The average Bonchev–Trinajstić information content (AvgIpc) is 3.32. The summed E-state index contributed by atoms with van der Waals surface area (Å²) in [5, 5.41) is 6.09.